The fourth-order valence-corrected chi connectivity index (χ4v) is 3.92. The van der Waals surface area contributed by atoms with Crippen LogP contribution >= 0.6 is 0 Å². The molecule has 4 rings (SSSR count). The summed E-state index contributed by atoms with van der Waals surface area (Å²) in [6.45, 7) is 0. The normalized spacial score (nSPS) is 15.9. The van der Waals surface area contributed by atoms with Gasteiger partial charge < -0.3 is 19.3 Å². The molecule has 1 aliphatic rings. The molecule has 2 atom stereocenters. The molecule has 0 saturated carbocycles. The Balaban J connectivity index is 1.52. The van der Waals surface area contributed by atoms with Crippen LogP contribution in [-0.2, 0) is 16.0 Å². The first kappa shape index (κ1) is 21.8. The standard InChI is InChI=1S/C26H25FO5/c1-30-20-10-11-22(27)21(14-20)16-3-5-17(6-4-16)24-12-9-18-7-8-19(13-25(18)32-24)23(28)15-26(29)31-2/h3-8,10-11,13-14,23-24,28H,9,12,15H2,1-2H3/t23-,24?/m1/s1. The van der Waals surface area contributed by atoms with E-state index in [9.17, 15) is 14.3 Å². The maximum Gasteiger partial charge on any atom is 0.308 e. The van der Waals surface area contributed by atoms with Gasteiger partial charge in [-0.1, -0.05) is 36.4 Å². The summed E-state index contributed by atoms with van der Waals surface area (Å²) in [5.74, 6) is 0.523. The number of aliphatic hydroxyl groups excluding tert-OH is 1. The molecular formula is C26H25FO5. The zero-order valence-electron chi connectivity index (χ0n) is 18.0. The van der Waals surface area contributed by atoms with E-state index in [0.29, 0.717) is 22.6 Å². The highest BCUT2D eigenvalue weighted by Crippen LogP contribution is 2.37. The fourth-order valence-electron chi connectivity index (χ4n) is 3.92. The summed E-state index contributed by atoms with van der Waals surface area (Å²) < 4.78 is 30.4. The Labute approximate surface area is 186 Å². The molecule has 0 radical (unpaired) electrons. The third-order valence-corrected chi connectivity index (χ3v) is 5.78. The molecule has 1 N–H and O–H groups in total. The quantitative estimate of drug-likeness (QED) is 0.541. The number of methoxy groups -OCH3 is 2. The first-order valence-electron chi connectivity index (χ1n) is 10.5. The number of aliphatic hydroxyl groups is 1. The first-order valence-corrected chi connectivity index (χ1v) is 10.5. The summed E-state index contributed by atoms with van der Waals surface area (Å²) in [5.41, 5.74) is 3.90. The zero-order chi connectivity index (χ0) is 22.7. The molecule has 0 aliphatic carbocycles. The second kappa shape index (κ2) is 9.40. The average molecular weight is 436 g/mol. The lowest BCUT2D eigenvalue weighted by molar-refractivity contribution is -0.142. The number of hydrogen-bond donors (Lipinski definition) is 1. The van der Waals surface area contributed by atoms with Crippen molar-refractivity contribution >= 4 is 5.97 Å². The largest absolute Gasteiger partial charge is 0.497 e. The van der Waals surface area contributed by atoms with Gasteiger partial charge in [-0.25, -0.2) is 4.39 Å². The van der Waals surface area contributed by atoms with E-state index in [1.807, 2.05) is 36.4 Å². The van der Waals surface area contributed by atoms with Crippen LogP contribution in [0.4, 0.5) is 4.39 Å². The minimum Gasteiger partial charge on any atom is -0.497 e. The van der Waals surface area contributed by atoms with E-state index in [1.54, 1.807) is 25.3 Å². The molecule has 5 nitrogen and oxygen atoms in total. The molecule has 0 amide bonds. The minimum atomic E-state index is -0.950. The van der Waals surface area contributed by atoms with Gasteiger partial charge in [0, 0.05) is 5.56 Å². The monoisotopic (exact) mass is 436 g/mol. The van der Waals surface area contributed by atoms with Gasteiger partial charge in [-0.3, -0.25) is 4.79 Å². The molecule has 0 fully saturated rings. The molecule has 1 aliphatic heterocycles. The van der Waals surface area contributed by atoms with Crippen molar-refractivity contribution in [2.24, 2.45) is 0 Å². The molecule has 0 saturated heterocycles. The number of benzene rings is 3. The van der Waals surface area contributed by atoms with E-state index < -0.39 is 12.1 Å². The van der Waals surface area contributed by atoms with E-state index in [2.05, 4.69) is 4.74 Å². The van der Waals surface area contributed by atoms with E-state index in [-0.39, 0.29) is 18.3 Å². The number of fused-ring (bicyclic) bond motifs is 1. The number of halogens is 1. The van der Waals surface area contributed by atoms with Crippen molar-refractivity contribution in [2.45, 2.75) is 31.5 Å². The van der Waals surface area contributed by atoms with Crippen LogP contribution in [0.1, 0.15) is 41.7 Å². The zero-order valence-corrected chi connectivity index (χ0v) is 18.0. The SMILES string of the molecule is COC(=O)C[C@@H](O)c1ccc2c(c1)OC(c1ccc(-c3cc(OC)ccc3F)cc1)CC2. The highest BCUT2D eigenvalue weighted by molar-refractivity contribution is 5.70. The molecule has 166 valence electrons. The van der Waals surface area contributed by atoms with E-state index >= 15 is 0 Å². The number of aryl methyl sites for hydroxylation is 1. The van der Waals surface area contributed by atoms with Crippen LogP contribution < -0.4 is 9.47 Å². The summed E-state index contributed by atoms with van der Waals surface area (Å²) >= 11 is 0. The highest BCUT2D eigenvalue weighted by Gasteiger charge is 2.23. The molecule has 6 heteroatoms. The van der Waals surface area contributed by atoms with Gasteiger partial charge in [0.1, 0.15) is 23.4 Å². The van der Waals surface area contributed by atoms with Crippen LogP contribution in [0.3, 0.4) is 0 Å². The van der Waals surface area contributed by atoms with Crippen molar-refractivity contribution < 1.29 is 28.5 Å². The van der Waals surface area contributed by atoms with E-state index in [4.69, 9.17) is 9.47 Å². The lowest BCUT2D eigenvalue weighted by Gasteiger charge is -2.27. The number of ether oxygens (including phenoxy) is 3. The number of carbonyl (C=O) groups excluding carboxylic acids is 1. The van der Waals surface area contributed by atoms with Crippen LogP contribution in [0, 0.1) is 5.82 Å². The Morgan fingerprint density at radius 3 is 2.62 bits per heavy atom. The molecule has 3 aromatic carbocycles. The first-order chi connectivity index (χ1) is 15.5. The van der Waals surface area contributed by atoms with E-state index in [0.717, 1.165) is 29.5 Å². The van der Waals surface area contributed by atoms with Gasteiger partial charge in [-0.05, 0) is 59.4 Å². The van der Waals surface area contributed by atoms with E-state index in [1.165, 1.54) is 13.2 Å². The van der Waals surface area contributed by atoms with Gasteiger partial charge >= 0.3 is 5.97 Å². The molecule has 32 heavy (non-hydrogen) atoms. The van der Waals surface area contributed by atoms with Crippen molar-refractivity contribution in [3.8, 4) is 22.6 Å². The highest BCUT2D eigenvalue weighted by atomic mass is 19.1. The van der Waals surface area contributed by atoms with Crippen molar-refractivity contribution in [1.82, 2.24) is 0 Å². The molecular weight excluding hydrogens is 411 g/mol. The minimum absolute atomic E-state index is 0.110. The second-order valence-corrected chi connectivity index (χ2v) is 7.78. The smallest absolute Gasteiger partial charge is 0.308 e. The van der Waals surface area contributed by atoms with Crippen molar-refractivity contribution in [1.29, 1.82) is 0 Å². The third-order valence-electron chi connectivity index (χ3n) is 5.78. The van der Waals surface area contributed by atoms with Crippen LogP contribution in [0.5, 0.6) is 11.5 Å². The lowest BCUT2D eigenvalue weighted by Crippen LogP contribution is -2.16. The molecule has 0 aromatic heterocycles. The molecule has 3 aromatic rings. The van der Waals surface area contributed by atoms with Crippen molar-refractivity contribution in [3.05, 3.63) is 83.2 Å². The predicted octanol–water partition coefficient (Wildman–Crippen LogP) is 5.16. The van der Waals surface area contributed by atoms with Crippen LogP contribution in [0.15, 0.2) is 60.7 Å². The van der Waals surface area contributed by atoms with Crippen LogP contribution in [0.2, 0.25) is 0 Å². The lowest BCUT2D eigenvalue weighted by atomic mass is 9.94. The molecule has 0 spiro atoms. The number of hydrogen-bond acceptors (Lipinski definition) is 5. The second-order valence-electron chi connectivity index (χ2n) is 7.78. The predicted molar refractivity (Wildman–Crippen MR) is 118 cm³/mol. The van der Waals surface area contributed by atoms with Crippen molar-refractivity contribution in [2.75, 3.05) is 14.2 Å². The summed E-state index contributed by atoms with van der Waals surface area (Å²) in [6.07, 6.45) is 0.429. The maximum absolute atomic E-state index is 14.3. The number of rotatable bonds is 6. The summed E-state index contributed by atoms with van der Waals surface area (Å²) in [7, 11) is 2.85. The Hall–Kier alpha value is -3.38. The van der Waals surface area contributed by atoms with Gasteiger partial charge in [0.25, 0.3) is 0 Å². The summed E-state index contributed by atoms with van der Waals surface area (Å²) in [4.78, 5) is 11.5. The third kappa shape index (κ3) is 4.60. The summed E-state index contributed by atoms with van der Waals surface area (Å²) in [6, 6.07) is 17.8. The number of carbonyl (C=O) groups is 1. The van der Waals surface area contributed by atoms with Crippen LogP contribution in [-0.4, -0.2) is 25.3 Å². The Morgan fingerprint density at radius 2 is 1.91 bits per heavy atom. The van der Waals surface area contributed by atoms with Gasteiger partial charge in [0.05, 0.1) is 26.7 Å². The average Bonchev–Trinajstić information content (AvgIpc) is 2.83. The van der Waals surface area contributed by atoms with Gasteiger partial charge in [0.2, 0.25) is 0 Å². The van der Waals surface area contributed by atoms with Crippen molar-refractivity contribution in [3.63, 3.8) is 0 Å². The molecule has 1 unspecified atom stereocenters. The maximum atomic E-state index is 14.3. The Bertz CT molecular complexity index is 1110. The van der Waals surface area contributed by atoms with Gasteiger partial charge in [0.15, 0.2) is 0 Å². The Kier molecular flexibility index (Phi) is 6.42. The fraction of sp³-hybridized carbons (Fsp3) is 0.269. The van der Waals surface area contributed by atoms with Gasteiger partial charge in [-0.2, -0.15) is 0 Å². The Morgan fingerprint density at radius 1 is 1.12 bits per heavy atom. The molecule has 0 bridgehead atoms. The molecule has 1 heterocycles. The summed E-state index contributed by atoms with van der Waals surface area (Å²) in [5, 5.41) is 10.3. The topological polar surface area (TPSA) is 65.0 Å². The number of esters is 1. The van der Waals surface area contributed by atoms with Gasteiger partial charge in [-0.15, -0.1) is 0 Å². The van der Waals surface area contributed by atoms with Crippen LogP contribution in [0.25, 0.3) is 11.1 Å².